The van der Waals surface area contributed by atoms with E-state index in [1.54, 1.807) is 12.1 Å². The summed E-state index contributed by atoms with van der Waals surface area (Å²) in [6.45, 7) is 0. The van der Waals surface area contributed by atoms with E-state index in [0.29, 0.717) is 28.2 Å². The summed E-state index contributed by atoms with van der Waals surface area (Å²) in [4.78, 5) is 8.57. The Morgan fingerprint density at radius 1 is 1.00 bits per heavy atom. The molecular weight excluding hydrogens is 364 g/mol. The molecule has 1 aromatic heterocycles. The molecule has 5 nitrogen and oxygen atoms in total. The molecule has 0 fully saturated rings. The first-order valence-corrected chi connectivity index (χ1v) is 8.93. The highest BCUT2D eigenvalue weighted by atomic mass is 35.5. The maximum atomic E-state index is 14.3. The van der Waals surface area contributed by atoms with Gasteiger partial charge in [-0.3, -0.25) is 0 Å². The molecule has 0 unspecified atom stereocenters. The summed E-state index contributed by atoms with van der Waals surface area (Å²) in [6, 6.07) is 8.38. The largest absolute Gasteiger partial charge is 0.499 e. The molecule has 0 atom stereocenters. The van der Waals surface area contributed by atoms with Crippen LogP contribution in [0, 0.1) is 5.82 Å². The van der Waals surface area contributed by atoms with Crippen molar-refractivity contribution in [1.82, 2.24) is 9.97 Å². The number of fused-ring (bicyclic) bond motifs is 2. The molecule has 0 spiro atoms. The molecule has 0 saturated carbocycles. The van der Waals surface area contributed by atoms with Gasteiger partial charge in [0, 0.05) is 11.5 Å². The molecular formula is C16H15B4ClFN3O2. The molecule has 0 amide bonds. The SMILES string of the molecule is BC1(B)Oc2cc3ncnc(Nc4cccc(Cl)c4F)c3cc2OC1(B)B. The maximum Gasteiger partial charge on any atom is 0.165 e. The number of ether oxygens (including phenoxy) is 2. The number of nitrogens with zero attached hydrogens (tertiary/aromatic N) is 2. The summed E-state index contributed by atoms with van der Waals surface area (Å²) in [7, 11) is 7.91. The molecule has 1 aliphatic heterocycles. The summed E-state index contributed by atoms with van der Waals surface area (Å²) in [5.74, 6) is 1.13. The average molecular weight is 379 g/mol. The first-order valence-electron chi connectivity index (χ1n) is 8.56. The third-order valence-corrected chi connectivity index (χ3v) is 5.38. The molecule has 0 radical (unpaired) electrons. The number of hydrogen-bond acceptors (Lipinski definition) is 5. The molecule has 0 saturated heterocycles. The van der Waals surface area contributed by atoms with Crippen molar-refractivity contribution in [3.8, 4) is 11.5 Å². The molecule has 2 aromatic carbocycles. The van der Waals surface area contributed by atoms with Gasteiger partial charge in [-0.05, 0) is 18.2 Å². The number of hydrogen-bond donors (Lipinski definition) is 1. The van der Waals surface area contributed by atoms with Gasteiger partial charge in [-0.1, -0.05) is 17.7 Å². The van der Waals surface area contributed by atoms with Gasteiger partial charge in [0.1, 0.15) is 43.5 Å². The van der Waals surface area contributed by atoms with E-state index in [1.165, 1.54) is 12.4 Å². The minimum atomic E-state index is -0.536. The lowest BCUT2D eigenvalue weighted by atomic mass is 9.41. The van der Waals surface area contributed by atoms with Crippen molar-refractivity contribution in [2.75, 3.05) is 5.32 Å². The summed E-state index contributed by atoms with van der Waals surface area (Å²) in [5, 5.41) is 2.68. The Labute approximate surface area is 164 Å². The number of halogens is 2. The van der Waals surface area contributed by atoms with Crippen LogP contribution in [0.5, 0.6) is 11.5 Å². The summed E-state index contributed by atoms with van der Waals surface area (Å²) in [5.41, 5.74) is 0.895. The predicted molar refractivity (Wildman–Crippen MR) is 115 cm³/mol. The maximum absolute atomic E-state index is 14.3. The quantitative estimate of drug-likeness (QED) is 0.625. The Balaban J connectivity index is 1.82. The number of nitrogens with one attached hydrogen (secondary N) is 1. The van der Waals surface area contributed by atoms with E-state index in [1.807, 2.05) is 43.5 Å². The lowest BCUT2D eigenvalue weighted by Gasteiger charge is -2.47. The molecule has 27 heavy (non-hydrogen) atoms. The van der Waals surface area contributed by atoms with Crippen LogP contribution >= 0.6 is 11.6 Å². The van der Waals surface area contributed by atoms with E-state index in [0.717, 1.165) is 0 Å². The van der Waals surface area contributed by atoms with Crippen LogP contribution in [0.25, 0.3) is 10.9 Å². The summed E-state index contributed by atoms with van der Waals surface area (Å²) >= 11 is 5.87. The first kappa shape index (κ1) is 18.0. The first-order chi connectivity index (χ1) is 12.7. The van der Waals surface area contributed by atoms with Gasteiger partial charge in [0.25, 0.3) is 0 Å². The fourth-order valence-electron chi connectivity index (χ4n) is 2.85. The van der Waals surface area contributed by atoms with Crippen LogP contribution in [-0.4, -0.2) is 52.2 Å². The highest BCUT2D eigenvalue weighted by Gasteiger charge is 2.44. The second-order valence-electron chi connectivity index (χ2n) is 7.49. The van der Waals surface area contributed by atoms with E-state index < -0.39 is 16.6 Å². The van der Waals surface area contributed by atoms with Crippen molar-refractivity contribution in [3.05, 3.63) is 47.5 Å². The number of rotatable bonds is 2. The summed E-state index contributed by atoms with van der Waals surface area (Å²) < 4.78 is 26.6. The minimum Gasteiger partial charge on any atom is -0.499 e. The third kappa shape index (κ3) is 3.02. The van der Waals surface area contributed by atoms with E-state index in [-0.39, 0.29) is 10.7 Å². The van der Waals surface area contributed by atoms with Crippen LogP contribution in [0.4, 0.5) is 15.9 Å². The molecule has 1 aliphatic rings. The van der Waals surface area contributed by atoms with Crippen molar-refractivity contribution in [2.24, 2.45) is 0 Å². The van der Waals surface area contributed by atoms with Gasteiger partial charge in [0.15, 0.2) is 17.3 Å². The predicted octanol–water partition coefficient (Wildman–Crippen LogP) is -0.223. The van der Waals surface area contributed by atoms with Crippen LogP contribution in [-0.2, 0) is 0 Å². The van der Waals surface area contributed by atoms with Crippen molar-refractivity contribution < 1.29 is 13.9 Å². The van der Waals surface area contributed by atoms with Crippen molar-refractivity contribution in [3.63, 3.8) is 0 Å². The zero-order valence-corrected chi connectivity index (χ0v) is 16.2. The monoisotopic (exact) mass is 379 g/mol. The molecule has 11 heteroatoms. The molecule has 0 bridgehead atoms. The van der Waals surface area contributed by atoms with E-state index in [4.69, 9.17) is 21.1 Å². The zero-order valence-electron chi connectivity index (χ0n) is 15.4. The van der Waals surface area contributed by atoms with Gasteiger partial charge in [-0.25, -0.2) is 14.4 Å². The normalized spacial score (nSPS) is 16.8. The average Bonchev–Trinajstić information content (AvgIpc) is 2.58. The van der Waals surface area contributed by atoms with Gasteiger partial charge in [-0.15, -0.1) is 0 Å². The van der Waals surface area contributed by atoms with Crippen LogP contribution in [0.2, 0.25) is 5.02 Å². The van der Waals surface area contributed by atoms with Gasteiger partial charge in [0.05, 0.1) is 27.0 Å². The van der Waals surface area contributed by atoms with Crippen molar-refractivity contribution in [1.29, 1.82) is 0 Å². The lowest BCUT2D eigenvalue weighted by molar-refractivity contribution is 0.0621. The van der Waals surface area contributed by atoms with Crippen LogP contribution < -0.4 is 14.8 Å². The standard InChI is InChI=1S/C16H15B4ClFN3O2/c17-15(18)16(19,20)27-12-5-10-7(4-11(12)26-15)14(24-6-23-10)25-9-3-1-2-8(21)13(9)22/h1-6H,17-20H2,(H,23,24,25). The van der Waals surface area contributed by atoms with Gasteiger partial charge in [-0.2, -0.15) is 0 Å². The van der Waals surface area contributed by atoms with E-state index in [9.17, 15) is 4.39 Å². The Morgan fingerprint density at radius 2 is 1.67 bits per heavy atom. The smallest absolute Gasteiger partial charge is 0.165 e. The number of benzene rings is 2. The van der Waals surface area contributed by atoms with Gasteiger partial charge in [0.2, 0.25) is 0 Å². The second-order valence-corrected chi connectivity index (χ2v) is 7.90. The highest BCUT2D eigenvalue weighted by Crippen LogP contribution is 2.42. The summed E-state index contributed by atoms with van der Waals surface area (Å²) in [6.07, 6.45) is 1.41. The molecule has 2 heterocycles. The van der Waals surface area contributed by atoms with Crippen LogP contribution in [0.15, 0.2) is 36.7 Å². The Morgan fingerprint density at radius 3 is 2.37 bits per heavy atom. The van der Waals surface area contributed by atoms with Crippen LogP contribution in [0.3, 0.4) is 0 Å². The van der Waals surface area contributed by atoms with Crippen molar-refractivity contribution in [2.45, 2.75) is 10.8 Å². The Bertz CT molecular complexity index is 1070. The molecule has 0 aliphatic carbocycles. The third-order valence-electron chi connectivity index (χ3n) is 5.09. The minimum absolute atomic E-state index is 0.0384. The topological polar surface area (TPSA) is 56.3 Å². The van der Waals surface area contributed by atoms with Crippen molar-refractivity contribution >= 4 is 65.4 Å². The molecule has 4 rings (SSSR count). The fourth-order valence-corrected chi connectivity index (χ4v) is 3.02. The van der Waals surface area contributed by atoms with E-state index in [2.05, 4.69) is 15.3 Å². The molecule has 1 N–H and O–H groups in total. The lowest BCUT2D eigenvalue weighted by Crippen LogP contribution is -2.65. The zero-order chi connectivity index (χ0) is 19.4. The fraction of sp³-hybridized carbons (Fsp3) is 0.125. The number of anilines is 2. The Hall–Kier alpha value is -2.34. The van der Waals surface area contributed by atoms with Gasteiger partial charge < -0.3 is 14.8 Å². The highest BCUT2D eigenvalue weighted by molar-refractivity contribution is 6.53. The number of aromatic nitrogens is 2. The molecule has 132 valence electrons. The van der Waals surface area contributed by atoms with Gasteiger partial charge >= 0.3 is 0 Å². The van der Waals surface area contributed by atoms with Crippen LogP contribution in [0.1, 0.15) is 0 Å². The molecule has 3 aromatic rings. The second kappa shape index (κ2) is 6.09. The Kier molecular flexibility index (Phi) is 4.07. The van der Waals surface area contributed by atoms with E-state index >= 15 is 0 Å².